The molecule has 0 unspecified atom stereocenters. The van der Waals surface area contributed by atoms with Crippen molar-refractivity contribution in [3.05, 3.63) is 47.5 Å². The summed E-state index contributed by atoms with van der Waals surface area (Å²) in [5, 5.41) is 0. The number of hydrogen-bond donors (Lipinski definition) is 0. The molecule has 1 aromatic rings. The molecule has 22 heavy (non-hydrogen) atoms. The van der Waals surface area contributed by atoms with Gasteiger partial charge in [0.25, 0.3) is 5.91 Å². The second-order valence-corrected chi connectivity index (χ2v) is 5.86. The Balaban J connectivity index is 1.83. The van der Waals surface area contributed by atoms with Crippen LogP contribution in [0.5, 0.6) is 0 Å². The first-order valence-electron chi connectivity index (χ1n) is 8.01. The summed E-state index contributed by atoms with van der Waals surface area (Å²) in [6, 6.07) is 9.29. The van der Waals surface area contributed by atoms with Crippen molar-refractivity contribution in [1.82, 2.24) is 4.90 Å². The highest BCUT2D eigenvalue weighted by molar-refractivity contribution is 6.03. The molecule has 0 spiro atoms. The van der Waals surface area contributed by atoms with E-state index < -0.39 is 6.09 Å². The molecule has 1 aliphatic carbocycles. The quantitative estimate of drug-likeness (QED) is 0.829. The normalized spacial score (nSPS) is 24.9. The Morgan fingerprint density at radius 3 is 2.68 bits per heavy atom. The van der Waals surface area contributed by atoms with Gasteiger partial charge in [0.15, 0.2) is 0 Å². The summed E-state index contributed by atoms with van der Waals surface area (Å²) in [5.74, 6) is -0.182. The molecular formula is C18H21NO3. The second kappa shape index (κ2) is 6.77. The lowest BCUT2D eigenvalue weighted by molar-refractivity contribution is -0.125. The molecule has 1 heterocycles. The topological polar surface area (TPSA) is 46.6 Å². The van der Waals surface area contributed by atoms with Crippen LogP contribution in [0, 0.1) is 0 Å². The van der Waals surface area contributed by atoms with E-state index in [4.69, 9.17) is 4.74 Å². The van der Waals surface area contributed by atoms with E-state index in [0.29, 0.717) is 0 Å². The first-order valence-corrected chi connectivity index (χ1v) is 8.01. The number of carbonyl (C=O) groups excluding carboxylic acids is 2. The van der Waals surface area contributed by atoms with Gasteiger partial charge in [-0.1, -0.05) is 49.2 Å². The summed E-state index contributed by atoms with van der Waals surface area (Å²) in [7, 11) is 0. The molecule has 1 atom stereocenters. The second-order valence-electron chi connectivity index (χ2n) is 5.86. The zero-order valence-corrected chi connectivity index (χ0v) is 12.7. The zero-order valence-electron chi connectivity index (χ0n) is 12.7. The molecule has 4 heteroatoms. The van der Waals surface area contributed by atoms with Crippen molar-refractivity contribution in [3.63, 3.8) is 0 Å². The Hall–Kier alpha value is -2.10. The summed E-state index contributed by atoms with van der Waals surface area (Å²) in [4.78, 5) is 26.2. The Bertz CT molecular complexity index is 579. The molecule has 1 fully saturated rings. The van der Waals surface area contributed by atoms with Gasteiger partial charge in [-0.25, -0.2) is 9.69 Å². The number of allylic oxidation sites excluding steroid dienone is 1. The fourth-order valence-electron chi connectivity index (χ4n) is 3.11. The van der Waals surface area contributed by atoms with Gasteiger partial charge in [0.2, 0.25) is 0 Å². The molecule has 1 aliphatic heterocycles. The summed E-state index contributed by atoms with van der Waals surface area (Å²) < 4.78 is 5.14. The molecule has 0 radical (unpaired) electrons. The van der Waals surface area contributed by atoms with Crippen LogP contribution in [-0.2, 0) is 9.53 Å². The van der Waals surface area contributed by atoms with Crippen molar-refractivity contribution in [2.75, 3.05) is 6.61 Å². The molecule has 2 amide bonds. The third-order valence-electron chi connectivity index (χ3n) is 4.34. The molecule has 3 rings (SSSR count). The smallest absolute Gasteiger partial charge is 0.417 e. The molecule has 0 saturated carbocycles. The Kier molecular flexibility index (Phi) is 4.56. The summed E-state index contributed by atoms with van der Waals surface area (Å²) in [5.41, 5.74) is 1.70. The number of amides is 2. The zero-order chi connectivity index (χ0) is 15.4. The maximum Gasteiger partial charge on any atom is 0.417 e. The molecule has 0 aromatic heterocycles. The lowest BCUT2D eigenvalue weighted by Gasteiger charge is -2.22. The summed E-state index contributed by atoms with van der Waals surface area (Å²) in [6.45, 7) is 0.238. The summed E-state index contributed by atoms with van der Waals surface area (Å²) >= 11 is 0. The van der Waals surface area contributed by atoms with Crippen LogP contribution in [0.1, 0.15) is 50.1 Å². The van der Waals surface area contributed by atoms with Crippen LogP contribution in [-0.4, -0.2) is 23.5 Å². The lowest BCUT2D eigenvalue weighted by atomic mass is 9.98. The van der Waals surface area contributed by atoms with E-state index in [1.165, 1.54) is 11.3 Å². The molecule has 1 saturated heterocycles. The molecule has 1 aromatic carbocycles. The van der Waals surface area contributed by atoms with Crippen molar-refractivity contribution >= 4 is 12.0 Å². The number of imide groups is 1. The molecule has 0 N–H and O–H groups in total. The van der Waals surface area contributed by atoms with Crippen molar-refractivity contribution in [2.45, 2.75) is 44.6 Å². The van der Waals surface area contributed by atoms with Gasteiger partial charge in [0.1, 0.15) is 12.6 Å². The third kappa shape index (κ3) is 3.06. The van der Waals surface area contributed by atoms with E-state index in [1.54, 1.807) is 0 Å². The number of rotatable bonds is 2. The van der Waals surface area contributed by atoms with Gasteiger partial charge >= 0.3 is 6.09 Å². The Labute approximate surface area is 130 Å². The third-order valence-corrected chi connectivity index (χ3v) is 4.34. The van der Waals surface area contributed by atoms with Crippen molar-refractivity contribution in [2.24, 2.45) is 0 Å². The van der Waals surface area contributed by atoms with Crippen LogP contribution in [0.2, 0.25) is 0 Å². The minimum Gasteiger partial charge on any atom is -0.446 e. The van der Waals surface area contributed by atoms with Crippen molar-refractivity contribution < 1.29 is 14.3 Å². The molecule has 0 bridgehead atoms. The highest BCUT2D eigenvalue weighted by Gasteiger charge is 2.39. The average molecular weight is 299 g/mol. The van der Waals surface area contributed by atoms with Gasteiger partial charge in [-0.3, -0.25) is 4.79 Å². The predicted molar refractivity (Wildman–Crippen MR) is 83.2 cm³/mol. The number of carbonyl (C=O) groups is 2. The first-order chi connectivity index (χ1) is 10.8. The maximum atomic E-state index is 12.8. The minimum absolute atomic E-state index is 0.182. The standard InChI is InChI=1S/C18H21NO3/c20-17(15-11-5-2-1-3-6-12-15)19-16(13-22-18(19)21)14-9-7-4-8-10-14/h4,7-11,16H,1-3,5-6,12-13H2/b15-11+/t16-/m0/s1. The van der Waals surface area contributed by atoms with E-state index in [9.17, 15) is 9.59 Å². The lowest BCUT2D eigenvalue weighted by Crippen LogP contribution is -2.35. The van der Waals surface area contributed by atoms with E-state index in [1.807, 2.05) is 36.4 Å². The Morgan fingerprint density at radius 1 is 1.09 bits per heavy atom. The monoisotopic (exact) mass is 299 g/mol. The summed E-state index contributed by atoms with van der Waals surface area (Å²) in [6.07, 6.45) is 7.65. The number of nitrogens with zero attached hydrogens (tertiary/aromatic N) is 1. The minimum atomic E-state index is -0.526. The molecule has 2 aliphatic rings. The number of cyclic esters (lactones) is 1. The van der Waals surface area contributed by atoms with Gasteiger partial charge in [-0.05, 0) is 31.2 Å². The highest BCUT2D eigenvalue weighted by Crippen LogP contribution is 2.30. The van der Waals surface area contributed by atoms with Gasteiger partial charge in [0.05, 0.1) is 0 Å². The number of hydrogen-bond acceptors (Lipinski definition) is 3. The van der Waals surface area contributed by atoms with Crippen LogP contribution in [0.4, 0.5) is 4.79 Å². The largest absolute Gasteiger partial charge is 0.446 e. The number of ether oxygens (including phenoxy) is 1. The predicted octanol–water partition coefficient (Wildman–Crippen LogP) is 3.99. The van der Waals surface area contributed by atoms with Gasteiger partial charge in [-0.15, -0.1) is 0 Å². The van der Waals surface area contributed by atoms with E-state index in [-0.39, 0.29) is 18.6 Å². The van der Waals surface area contributed by atoms with Crippen molar-refractivity contribution in [3.8, 4) is 0 Å². The van der Waals surface area contributed by atoms with Gasteiger partial charge in [0, 0.05) is 5.57 Å². The number of benzene rings is 1. The molecule has 116 valence electrons. The molecule has 4 nitrogen and oxygen atoms in total. The SMILES string of the molecule is O=C1OC[C@@H](c2ccccc2)N1C(=O)/C1=C/CCCCCC1. The van der Waals surface area contributed by atoms with Crippen LogP contribution in [0.25, 0.3) is 0 Å². The Morgan fingerprint density at radius 2 is 1.86 bits per heavy atom. The van der Waals surface area contributed by atoms with Gasteiger partial charge in [-0.2, -0.15) is 0 Å². The van der Waals surface area contributed by atoms with Crippen LogP contribution >= 0.6 is 0 Å². The van der Waals surface area contributed by atoms with Crippen molar-refractivity contribution in [1.29, 1.82) is 0 Å². The van der Waals surface area contributed by atoms with E-state index in [2.05, 4.69) is 0 Å². The van der Waals surface area contributed by atoms with Crippen LogP contribution < -0.4 is 0 Å². The average Bonchev–Trinajstić information content (AvgIpc) is 2.89. The van der Waals surface area contributed by atoms with E-state index >= 15 is 0 Å². The fraction of sp³-hybridized carbons (Fsp3) is 0.444. The maximum absolute atomic E-state index is 12.8. The fourth-order valence-corrected chi connectivity index (χ4v) is 3.11. The highest BCUT2D eigenvalue weighted by atomic mass is 16.6. The van der Waals surface area contributed by atoms with Gasteiger partial charge < -0.3 is 4.74 Å². The molecular weight excluding hydrogens is 278 g/mol. The first kappa shape index (κ1) is 14.8. The van der Waals surface area contributed by atoms with E-state index in [0.717, 1.165) is 43.2 Å². The van der Waals surface area contributed by atoms with Crippen LogP contribution in [0.3, 0.4) is 0 Å². The van der Waals surface area contributed by atoms with Crippen LogP contribution in [0.15, 0.2) is 42.0 Å².